The van der Waals surface area contributed by atoms with Gasteiger partial charge >= 0.3 is 5.97 Å². The SMILES string of the molecule is COC(=O)CC(C)CCc1ccc(Oc2ccc(OC(C)C)nc2)cc1. The second-order valence-corrected chi connectivity index (χ2v) is 6.67. The molecule has 0 radical (unpaired) electrons. The predicted octanol–water partition coefficient (Wildman–Crippen LogP) is 4.79. The second-order valence-electron chi connectivity index (χ2n) is 6.67. The highest BCUT2D eigenvalue weighted by molar-refractivity contribution is 5.69. The molecule has 26 heavy (non-hydrogen) atoms. The van der Waals surface area contributed by atoms with Crippen LogP contribution in [0.25, 0.3) is 0 Å². The van der Waals surface area contributed by atoms with Crippen LogP contribution in [0.1, 0.15) is 39.2 Å². The molecule has 1 atom stereocenters. The zero-order chi connectivity index (χ0) is 18.9. The second kappa shape index (κ2) is 9.80. The Labute approximate surface area is 155 Å². The molecule has 0 N–H and O–H groups in total. The van der Waals surface area contributed by atoms with E-state index in [1.54, 1.807) is 12.3 Å². The van der Waals surface area contributed by atoms with E-state index in [4.69, 9.17) is 14.2 Å². The molecule has 2 aromatic rings. The van der Waals surface area contributed by atoms with Crippen LogP contribution < -0.4 is 9.47 Å². The molecule has 0 fully saturated rings. The number of pyridine rings is 1. The number of carbonyl (C=O) groups is 1. The van der Waals surface area contributed by atoms with E-state index in [0.29, 0.717) is 24.0 Å². The summed E-state index contributed by atoms with van der Waals surface area (Å²) < 4.78 is 16.0. The Morgan fingerprint density at radius 3 is 2.31 bits per heavy atom. The molecule has 1 heterocycles. The molecular formula is C21H27NO4. The van der Waals surface area contributed by atoms with E-state index < -0.39 is 0 Å². The molecule has 0 aliphatic rings. The van der Waals surface area contributed by atoms with Gasteiger partial charge in [-0.2, -0.15) is 0 Å². The Hall–Kier alpha value is -2.56. The summed E-state index contributed by atoms with van der Waals surface area (Å²) in [5, 5.41) is 0. The number of rotatable bonds is 9. The van der Waals surface area contributed by atoms with Gasteiger partial charge < -0.3 is 14.2 Å². The molecule has 5 heteroatoms. The van der Waals surface area contributed by atoms with Crippen LogP contribution in [0.4, 0.5) is 0 Å². The monoisotopic (exact) mass is 357 g/mol. The Morgan fingerprint density at radius 2 is 1.73 bits per heavy atom. The lowest BCUT2D eigenvalue weighted by atomic mass is 9.98. The van der Waals surface area contributed by atoms with Crippen LogP contribution >= 0.6 is 0 Å². The van der Waals surface area contributed by atoms with Crippen molar-refractivity contribution in [2.45, 2.75) is 46.1 Å². The Kier molecular flexibility index (Phi) is 7.45. The molecule has 1 aromatic heterocycles. The van der Waals surface area contributed by atoms with Crippen molar-refractivity contribution < 1.29 is 19.0 Å². The number of aryl methyl sites for hydroxylation is 1. The topological polar surface area (TPSA) is 57.7 Å². The minimum absolute atomic E-state index is 0.0946. The number of esters is 1. The molecule has 0 amide bonds. The molecule has 5 nitrogen and oxygen atoms in total. The first-order valence-corrected chi connectivity index (χ1v) is 8.92. The van der Waals surface area contributed by atoms with Crippen molar-refractivity contribution >= 4 is 5.97 Å². The number of benzene rings is 1. The van der Waals surface area contributed by atoms with E-state index in [1.165, 1.54) is 12.7 Å². The Morgan fingerprint density at radius 1 is 1.04 bits per heavy atom. The summed E-state index contributed by atoms with van der Waals surface area (Å²) in [5.74, 6) is 2.16. The van der Waals surface area contributed by atoms with Crippen LogP contribution in [-0.2, 0) is 16.0 Å². The van der Waals surface area contributed by atoms with Gasteiger partial charge in [0.2, 0.25) is 5.88 Å². The molecule has 1 unspecified atom stereocenters. The smallest absolute Gasteiger partial charge is 0.305 e. The van der Waals surface area contributed by atoms with Crippen LogP contribution in [0.2, 0.25) is 0 Å². The van der Waals surface area contributed by atoms with Crippen molar-refractivity contribution in [3.63, 3.8) is 0 Å². The van der Waals surface area contributed by atoms with Gasteiger partial charge in [-0.1, -0.05) is 19.1 Å². The highest BCUT2D eigenvalue weighted by Crippen LogP contribution is 2.23. The number of hydrogen-bond acceptors (Lipinski definition) is 5. The summed E-state index contributed by atoms with van der Waals surface area (Å²) in [6.07, 6.45) is 4.07. The van der Waals surface area contributed by atoms with Crippen molar-refractivity contribution in [1.82, 2.24) is 4.98 Å². The van der Waals surface area contributed by atoms with Crippen LogP contribution in [0, 0.1) is 5.92 Å². The lowest BCUT2D eigenvalue weighted by Crippen LogP contribution is -2.07. The summed E-state index contributed by atoms with van der Waals surface area (Å²) in [5.41, 5.74) is 1.22. The first-order chi connectivity index (χ1) is 12.5. The third-order valence-electron chi connectivity index (χ3n) is 3.89. The molecule has 0 spiro atoms. The first kappa shape index (κ1) is 19.8. The van der Waals surface area contributed by atoms with Gasteiger partial charge in [0.05, 0.1) is 19.4 Å². The van der Waals surface area contributed by atoms with Gasteiger partial charge in [-0.3, -0.25) is 4.79 Å². The fraction of sp³-hybridized carbons (Fsp3) is 0.429. The summed E-state index contributed by atoms with van der Waals surface area (Å²) in [6.45, 7) is 5.99. The van der Waals surface area contributed by atoms with Crippen molar-refractivity contribution in [2.24, 2.45) is 5.92 Å². The maximum atomic E-state index is 11.3. The zero-order valence-corrected chi connectivity index (χ0v) is 15.9. The quantitative estimate of drug-likeness (QED) is 0.604. The summed E-state index contributed by atoms with van der Waals surface area (Å²) >= 11 is 0. The summed E-state index contributed by atoms with van der Waals surface area (Å²) in [7, 11) is 1.42. The fourth-order valence-electron chi connectivity index (χ4n) is 2.48. The maximum Gasteiger partial charge on any atom is 0.305 e. The van der Waals surface area contributed by atoms with Crippen LogP contribution in [0.3, 0.4) is 0 Å². The van der Waals surface area contributed by atoms with Crippen molar-refractivity contribution in [1.29, 1.82) is 0 Å². The number of nitrogens with zero attached hydrogens (tertiary/aromatic N) is 1. The number of hydrogen-bond donors (Lipinski definition) is 0. The highest BCUT2D eigenvalue weighted by atomic mass is 16.5. The molecule has 140 valence electrons. The molecule has 0 bridgehead atoms. The Bertz CT molecular complexity index is 680. The van der Waals surface area contributed by atoms with Gasteiger partial charge in [-0.15, -0.1) is 0 Å². The van der Waals surface area contributed by atoms with Crippen molar-refractivity contribution in [2.75, 3.05) is 7.11 Å². The average Bonchev–Trinajstić information content (AvgIpc) is 2.62. The normalized spacial score (nSPS) is 11.9. The third kappa shape index (κ3) is 6.75. The van der Waals surface area contributed by atoms with Gasteiger partial charge in [0.25, 0.3) is 0 Å². The van der Waals surface area contributed by atoms with E-state index in [9.17, 15) is 4.79 Å². The van der Waals surface area contributed by atoms with E-state index >= 15 is 0 Å². The van der Waals surface area contributed by atoms with Gasteiger partial charge in [-0.25, -0.2) is 4.98 Å². The minimum atomic E-state index is -0.153. The van der Waals surface area contributed by atoms with Crippen LogP contribution in [0.15, 0.2) is 42.6 Å². The summed E-state index contributed by atoms with van der Waals surface area (Å²) in [6, 6.07) is 11.6. The molecule has 0 aliphatic carbocycles. The van der Waals surface area contributed by atoms with Crippen molar-refractivity contribution in [3.05, 3.63) is 48.2 Å². The fourth-order valence-corrected chi connectivity index (χ4v) is 2.48. The van der Waals surface area contributed by atoms with E-state index in [1.807, 2.05) is 44.2 Å². The first-order valence-electron chi connectivity index (χ1n) is 8.92. The molecule has 1 aromatic carbocycles. The standard InChI is InChI=1S/C21H27NO4/c1-15(2)25-20-12-11-19(14-22-20)26-18-9-7-17(8-10-18)6-5-16(3)13-21(23)24-4/h7-12,14-16H,5-6,13H2,1-4H3. The highest BCUT2D eigenvalue weighted by Gasteiger charge is 2.09. The van der Waals surface area contributed by atoms with E-state index in [0.717, 1.165) is 18.6 Å². The van der Waals surface area contributed by atoms with Crippen LogP contribution in [-0.4, -0.2) is 24.2 Å². The van der Waals surface area contributed by atoms with Gasteiger partial charge in [0.1, 0.15) is 11.5 Å². The predicted molar refractivity (Wildman–Crippen MR) is 101 cm³/mol. The lowest BCUT2D eigenvalue weighted by molar-refractivity contribution is -0.141. The molecular weight excluding hydrogens is 330 g/mol. The molecule has 0 aliphatic heterocycles. The van der Waals surface area contributed by atoms with E-state index in [2.05, 4.69) is 11.9 Å². The summed E-state index contributed by atoms with van der Waals surface area (Å²) in [4.78, 5) is 15.5. The molecule has 0 saturated heterocycles. The van der Waals surface area contributed by atoms with Gasteiger partial charge in [-0.05, 0) is 56.4 Å². The number of methoxy groups -OCH3 is 1. The molecule has 2 rings (SSSR count). The Balaban J connectivity index is 1.84. The van der Waals surface area contributed by atoms with E-state index in [-0.39, 0.29) is 12.1 Å². The molecule has 0 saturated carbocycles. The van der Waals surface area contributed by atoms with Crippen LogP contribution in [0.5, 0.6) is 17.4 Å². The minimum Gasteiger partial charge on any atom is -0.475 e. The van der Waals surface area contributed by atoms with Gasteiger partial charge in [0.15, 0.2) is 0 Å². The maximum absolute atomic E-state index is 11.3. The lowest BCUT2D eigenvalue weighted by Gasteiger charge is -2.11. The average molecular weight is 357 g/mol. The zero-order valence-electron chi connectivity index (χ0n) is 15.9. The van der Waals surface area contributed by atoms with Crippen molar-refractivity contribution in [3.8, 4) is 17.4 Å². The number of aromatic nitrogens is 1. The number of ether oxygens (including phenoxy) is 3. The van der Waals surface area contributed by atoms with Gasteiger partial charge in [0, 0.05) is 12.5 Å². The number of carbonyl (C=O) groups excluding carboxylic acids is 1. The largest absolute Gasteiger partial charge is 0.475 e. The third-order valence-corrected chi connectivity index (χ3v) is 3.89.